The zero-order valence-electron chi connectivity index (χ0n) is 33.8. The quantitative estimate of drug-likeness (QED) is 0.0541. The van der Waals surface area contributed by atoms with Gasteiger partial charge in [-0.3, -0.25) is 0 Å². The number of rotatable bonds is 8. The fourth-order valence-corrected chi connectivity index (χ4v) is 7.77. The predicted octanol–water partition coefficient (Wildman–Crippen LogP) is 10.5. The number of hydrogen-bond donors (Lipinski definition) is 1. The maximum atomic E-state index is 15.4. The van der Waals surface area contributed by atoms with Crippen LogP contribution in [0.2, 0.25) is 0 Å². The van der Waals surface area contributed by atoms with Crippen molar-refractivity contribution in [2.45, 2.75) is 6.54 Å². The summed E-state index contributed by atoms with van der Waals surface area (Å²) in [4.78, 5) is 0. The predicted molar refractivity (Wildman–Crippen MR) is 207 cm³/mol. The van der Waals surface area contributed by atoms with Crippen molar-refractivity contribution >= 4 is 38.9 Å². The van der Waals surface area contributed by atoms with Crippen molar-refractivity contribution < 1.29 is 102 Å². The summed E-state index contributed by atoms with van der Waals surface area (Å²) in [6.07, 6.45) is -7.22. The molecule has 0 saturated carbocycles. The molecule has 3 nitrogen and oxygen atoms in total. The molecule has 8 rings (SSSR count). The second-order valence-electron chi connectivity index (χ2n) is 14.7. The van der Waals surface area contributed by atoms with Gasteiger partial charge in [0.25, 0.3) is 0 Å². The zero-order valence-corrected chi connectivity index (χ0v) is 33.8. The number of nitrogens with zero attached hydrogens (tertiary/aromatic N) is 1. The molecule has 0 radical (unpaired) electrons. The molecule has 8 aromatic rings. The molecule has 0 aliphatic carbocycles. The third-order valence-corrected chi connectivity index (χ3v) is 10.8. The lowest BCUT2D eigenvalue weighted by Gasteiger charge is -2.44. The van der Waals surface area contributed by atoms with Gasteiger partial charge in [-0.15, -0.1) is 21.9 Å². The van der Waals surface area contributed by atoms with Crippen molar-refractivity contribution in [1.29, 1.82) is 0 Å². The smallest absolute Gasteiger partial charge is 0.374 e. The molecule has 0 unspecified atom stereocenters. The van der Waals surface area contributed by atoms with E-state index in [0.717, 1.165) is 23.3 Å². The first-order valence-electron chi connectivity index (χ1n) is 19.2. The van der Waals surface area contributed by atoms with Crippen LogP contribution in [0.15, 0.2) is 91.0 Å². The van der Waals surface area contributed by atoms with Gasteiger partial charge in [0.1, 0.15) is 64.2 Å². The van der Waals surface area contributed by atoms with Crippen LogP contribution < -0.4 is 31.2 Å². The van der Waals surface area contributed by atoms with Gasteiger partial charge in [-0.05, 0) is 36.4 Å². The molecule has 0 atom stereocenters. The Bertz CT molecular complexity index is 3010. The maximum Gasteiger partial charge on any atom is 0.374 e. The highest BCUT2D eigenvalue weighted by molar-refractivity contribution is 7.20. The van der Waals surface area contributed by atoms with Crippen molar-refractivity contribution in [3.05, 3.63) is 213 Å². The number of aromatic nitrogens is 1. The number of ether oxygens (including phenoxy) is 1. The van der Waals surface area contributed by atoms with Gasteiger partial charge in [-0.2, -0.15) is 4.57 Å². The van der Waals surface area contributed by atoms with Crippen LogP contribution in [0.4, 0.5) is 87.8 Å². The first kappa shape index (κ1) is 50.1. The Morgan fingerprint density at radius 1 is 0.343 bits per heavy atom. The van der Waals surface area contributed by atoms with Gasteiger partial charge in [-0.1, -0.05) is 42.5 Å². The number of benzene rings is 7. The molecule has 1 heterocycles. The molecule has 362 valence electrons. The molecule has 1 aromatic heterocycles. The number of halogens is 20. The minimum absolute atomic E-state index is 0.225. The Balaban J connectivity index is 0.000000242. The lowest BCUT2D eigenvalue weighted by atomic mass is 9.12. The lowest BCUT2D eigenvalue weighted by Crippen LogP contribution is -2.81. The Kier molecular flexibility index (Phi) is 13.6. The van der Waals surface area contributed by atoms with Crippen molar-refractivity contribution in [2.75, 3.05) is 0 Å². The molecule has 0 fully saturated rings. The van der Waals surface area contributed by atoms with Crippen LogP contribution in [-0.2, 0) is 6.54 Å². The number of para-hydroxylation sites is 1. The van der Waals surface area contributed by atoms with Crippen LogP contribution in [0.5, 0.6) is 17.4 Å². The van der Waals surface area contributed by atoms with E-state index in [2.05, 4.69) is 34.9 Å². The summed E-state index contributed by atoms with van der Waals surface area (Å²) < 4.78 is 302. The van der Waals surface area contributed by atoms with Gasteiger partial charge in [0.05, 0.1) is 6.07 Å². The Morgan fingerprint density at radius 3 is 1.01 bits per heavy atom. The number of phenolic OH excluding ortho intramolecular Hbond substituents is 1. The van der Waals surface area contributed by atoms with Gasteiger partial charge < -0.3 is 9.84 Å². The first-order chi connectivity index (χ1) is 33.0. The fraction of sp³-hybridized carbons (Fsp3) is 0.0217. The normalized spacial score (nSPS) is 11.5. The van der Waals surface area contributed by atoms with E-state index in [1.54, 1.807) is 24.3 Å². The SMILES string of the molecule is Fc1c(F)c(F)c([B-](c2c(F)c(F)c(F)c(F)c2F)(c2c(F)c(F)c(F)c(F)c2F)c2c(F)c(F)c(F)c(F)c2F)c(F)c1F.Oc1ccc(Oc2ccc3ccccc3[n+]2Cc2ccccc2)cc1. The van der Waals surface area contributed by atoms with Gasteiger partial charge in [0.2, 0.25) is 5.52 Å². The number of aromatic hydroxyl groups is 1. The number of pyridine rings is 1. The first-order valence-corrected chi connectivity index (χ1v) is 19.2. The van der Waals surface area contributed by atoms with Crippen LogP contribution in [0.1, 0.15) is 5.56 Å². The van der Waals surface area contributed by atoms with E-state index >= 15 is 35.1 Å². The molecule has 0 aliphatic rings. The van der Waals surface area contributed by atoms with Gasteiger partial charge >= 0.3 is 5.88 Å². The second-order valence-corrected chi connectivity index (χ2v) is 14.7. The number of hydrogen-bond acceptors (Lipinski definition) is 2. The van der Waals surface area contributed by atoms with Crippen LogP contribution in [0.3, 0.4) is 0 Å². The summed E-state index contributed by atoms with van der Waals surface area (Å²) in [5.74, 6) is -69.7. The van der Waals surface area contributed by atoms with E-state index in [1.807, 2.05) is 36.4 Å². The molecule has 1 N–H and O–H groups in total. The fourth-order valence-electron chi connectivity index (χ4n) is 7.77. The molecule has 0 bridgehead atoms. The summed E-state index contributed by atoms with van der Waals surface area (Å²) in [6.45, 7) is 0.718. The van der Waals surface area contributed by atoms with Crippen LogP contribution >= 0.6 is 0 Å². The van der Waals surface area contributed by atoms with Crippen LogP contribution in [-0.4, -0.2) is 11.3 Å². The largest absolute Gasteiger partial charge is 0.508 e. The van der Waals surface area contributed by atoms with E-state index in [-0.39, 0.29) is 5.75 Å². The van der Waals surface area contributed by atoms with Gasteiger partial charge in [0.15, 0.2) is 76.4 Å². The summed E-state index contributed by atoms with van der Waals surface area (Å²) in [5, 5.41) is 10.6. The Hall–Kier alpha value is -7.79. The Labute approximate surface area is 377 Å². The zero-order chi connectivity index (χ0) is 51.4. The molecular weight excluding hydrogens is 989 g/mol. The molecule has 0 aliphatic heterocycles. The summed E-state index contributed by atoms with van der Waals surface area (Å²) in [7, 11) is 0. The van der Waals surface area contributed by atoms with E-state index in [0.29, 0.717) is 5.75 Å². The highest BCUT2D eigenvalue weighted by atomic mass is 19.2. The van der Waals surface area contributed by atoms with Crippen molar-refractivity contribution in [3.8, 4) is 17.4 Å². The van der Waals surface area contributed by atoms with Crippen LogP contribution in [0.25, 0.3) is 10.9 Å². The average molecular weight is 1010 g/mol. The monoisotopic (exact) mass is 1010 g/mol. The molecule has 0 spiro atoms. The lowest BCUT2D eigenvalue weighted by molar-refractivity contribution is -0.666. The molecule has 24 heteroatoms. The topological polar surface area (TPSA) is 33.3 Å². The number of fused-ring (bicyclic) bond motifs is 1. The van der Waals surface area contributed by atoms with E-state index < -0.39 is 144 Å². The highest BCUT2D eigenvalue weighted by Crippen LogP contribution is 2.31. The summed E-state index contributed by atoms with van der Waals surface area (Å²) >= 11 is 0. The number of phenols is 1. The second kappa shape index (κ2) is 19.0. The van der Waals surface area contributed by atoms with E-state index in [1.165, 1.54) is 5.56 Å². The van der Waals surface area contributed by atoms with Crippen molar-refractivity contribution in [2.24, 2.45) is 0 Å². The van der Waals surface area contributed by atoms with E-state index in [4.69, 9.17) is 4.74 Å². The maximum absolute atomic E-state index is 15.4. The van der Waals surface area contributed by atoms with E-state index in [9.17, 15) is 57.8 Å². The van der Waals surface area contributed by atoms with Gasteiger partial charge in [0, 0.05) is 17.0 Å². The molecule has 0 saturated heterocycles. The standard InChI is InChI=1S/C24BF20.C22H17NO2/c26-5-1(6(27)14(35)21(42)13(5)34)25(2-7(28)15(36)22(43)16(37)8(2)29,3-9(30)17(38)23(44)18(39)10(3)31)4-11(32)19(40)24(45)20(41)12(4)33;24-19-11-13-20(14-12-19)25-22-15-10-18-8-4-5-9-21(18)23(22)16-17-6-2-1-3-7-17/h;1-15H,16H2/q-1;/p+1. The van der Waals surface area contributed by atoms with Crippen molar-refractivity contribution in [1.82, 2.24) is 0 Å². The highest BCUT2D eigenvalue weighted by Gasteiger charge is 2.52. The van der Waals surface area contributed by atoms with Crippen molar-refractivity contribution in [3.63, 3.8) is 0 Å². The third-order valence-electron chi connectivity index (χ3n) is 10.8. The summed E-state index contributed by atoms with van der Waals surface area (Å²) in [6, 6.07) is 29.4. The minimum Gasteiger partial charge on any atom is -0.508 e. The molecular formula is C46H18BF20NO2. The average Bonchev–Trinajstić information content (AvgIpc) is 3.35. The van der Waals surface area contributed by atoms with Gasteiger partial charge in [-0.25, -0.2) is 87.8 Å². The van der Waals surface area contributed by atoms with Crippen LogP contribution in [0, 0.1) is 116 Å². The minimum atomic E-state index is -7.22. The molecule has 70 heavy (non-hydrogen) atoms. The third kappa shape index (κ3) is 8.02. The molecule has 7 aromatic carbocycles. The Morgan fingerprint density at radius 2 is 0.657 bits per heavy atom. The summed E-state index contributed by atoms with van der Waals surface area (Å²) in [5.41, 5.74) is -12.0. The molecule has 0 amide bonds.